The molecule has 3 aromatic rings. The predicted octanol–water partition coefficient (Wildman–Crippen LogP) is 4.56. The lowest BCUT2D eigenvalue weighted by Crippen LogP contribution is -2.18. The number of carbonyl (C=O) groups is 1. The highest BCUT2D eigenvalue weighted by Crippen LogP contribution is 2.23. The summed E-state index contributed by atoms with van der Waals surface area (Å²) in [6, 6.07) is 11.1. The third-order valence-corrected chi connectivity index (χ3v) is 4.88. The molecule has 2 aromatic heterocycles. The Morgan fingerprint density at radius 3 is 2.61 bits per heavy atom. The highest BCUT2D eigenvalue weighted by atomic mass is 35.5. The molecule has 1 amide bonds. The SMILES string of the molecule is Cc1nc(-c2ccccn2)nc(NCCC(=O)Nc2cccc(Cl)c2C)c1C. The van der Waals surface area contributed by atoms with Crippen molar-refractivity contribution in [2.45, 2.75) is 27.2 Å². The second kappa shape index (κ2) is 8.80. The van der Waals surface area contributed by atoms with Crippen molar-refractivity contribution in [2.24, 2.45) is 0 Å². The van der Waals surface area contributed by atoms with E-state index in [1.54, 1.807) is 12.3 Å². The molecule has 3 rings (SSSR count). The summed E-state index contributed by atoms with van der Waals surface area (Å²) in [7, 11) is 0. The Balaban J connectivity index is 1.65. The topological polar surface area (TPSA) is 79.8 Å². The van der Waals surface area contributed by atoms with Gasteiger partial charge in [-0.3, -0.25) is 9.78 Å². The lowest BCUT2D eigenvalue weighted by molar-refractivity contribution is -0.115. The van der Waals surface area contributed by atoms with Gasteiger partial charge in [0.05, 0.1) is 0 Å². The minimum Gasteiger partial charge on any atom is -0.369 e. The molecule has 0 spiro atoms. The first-order valence-electron chi connectivity index (χ1n) is 9.01. The molecule has 0 fully saturated rings. The number of amides is 1. The number of carbonyl (C=O) groups excluding carboxylic acids is 1. The van der Waals surface area contributed by atoms with E-state index in [9.17, 15) is 4.79 Å². The maximum Gasteiger partial charge on any atom is 0.226 e. The largest absolute Gasteiger partial charge is 0.369 e. The summed E-state index contributed by atoms with van der Waals surface area (Å²) in [5.74, 6) is 1.18. The van der Waals surface area contributed by atoms with Crippen LogP contribution < -0.4 is 10.6 Å². The second-order valence-corrected chi connectivity index (χ2v) is 6.87. The minimum atomic E-state index is -0.0914. The molecule has 1 aromatic carbocycles. The zero-order valence-corrected chi connectivity index (χ0v) is 16.8. The maximum absolute atomic E-state index is 12.3. The van der Waals surface area contributed by atoms with E-state index < -0.39 is 0 Å². The van der Waals surface area contributed by atoms with Crippen LogP contribution in [0.5, 0.6) is 0 Å². The van der Waals surface area contributed by atoms with Gasteiger partial charge in [0.25, 0.3) is 0 Å². The van der Waals surface area contributed by atoms with Gasteiger partial charge in [-0.25, -0.2) is 9.97 Å². The molecule has 28 heavy (non-hydrogen) atoms. The van der Waals surface area contributed by atoms with Crippen molar-refractivity contribution in [1.29, 1.82) is 0 Å². The van der Waals surface area contributed by atoms with Crippen LogP contribution in [0.3, 0.4) is 0 Å². The van der Waals surface area contributed by atoms with Gasteiger partial charge in [-0.15, -0.1) is 0 Å². The summed E-state index contributed by atoms with van der Waals surface area (Å²) in [4.78, 5) is 25.7. The van der Waals surface area contributed by atoms with Gasteiger partial charge in [0.15, 0.2) is 5.82 Å². The number of aromatic nitrogens is 3. The summed E-state index contributed by atoms with van der Waals surface area (Å²) in [6.07, 6.45) is 2.01. The number of halogens is 1. The monoisotopic (exact) mass is 395 g/mol. The number of anilines is 2. The summed E-state index contributed by atoms with van der Waals surface area (Å²) in [5.41, 5.74) is 4.11. The van der Waals surface area contributed by atoms with Gasteiger partial charge < -0.3 is 10.6 Å². The lowest BCUT2D eigenvalue weighted by Gasteiger charge is -2.13. The Labute approximate surface area is 169 Å². The van der Waals surface area contributed by atoms with Gasteiger partial charge in [-0.2, -0.15) is 0 Å². The molecule has 2 N–H and O–H groups in total. The summed E-state index contributed by atoms with van der Waals surface area (Å²) >= 11 is 6.10. The first kappa shape index (κ1) is 19.8. The highest BCUT2D eigenvalue weighted by Gasteiger charge is 2.11. The standard InChI is InChI=1S/C21H22ClN5O/c1-13-15(3)25-21(18-8-4-5-11-23-18)27-20(13)24-12-10-19(28)26-17-9-6-7-16(22)14(17)2/h4-9,11H,10,12H2,1-3H3,(H,26,28)(H,24,25,27). The average Bonchev–Trinajstić information content (AvgIpc) is 2.69. The Morgan fingerprint density at radius 2 is 1.86 bits per heavy atom. The van der Waals surface area contributed by atoms with Crippen LogP contribution in [0, 0.1) is 20.8 Å². The van der Waals surface area contributed by atoms with Crippen molar-refractivity contribution < 1.29 is 4.79 Å². The van der Waals surface area contributed by atoms with Crippen LogP contribution in [-0.2, 0) is 4.79 Å². The third kappa shape index (κ3) is 4.64. The Morgan fingerprint density at radius 1 is 1.04 bits per heavy atom. The first-order chi connectivity index (χ1) is 13.5. The molecule has 6 nitrogen and oxygen atoms in total. The number of aryl methyl sites for hydroxylation is 1. The van der Waals surface area contributed by atoms with Crippen molar-refractivity contribution in [2.75, 3.05) is 17.2 Å². The van der Waals surface area contributed by atoms with Gasteiger partial charge in [-0.1, -0.05) is 23.7 Å². The van der Waals surface area contributed by atoms with Gasteiger partial charge >= 0.3 is 0 Å². The molecular weight excluding hydrogens is 374 g/mol. The summed E-state index contributed by atoms with van der Waals surface area (Å²) in [5, 5.41) is 6.76. The zero-order chi connectivity index (χ0) is 20.1. The van der Waals surface area contributed by atoms with E-state index in [4.69, 9.17) is 11.6 Å². The normalized spacial score (nSPS) is 10.6. The van der Waals surface area contributed by atoms with Gasteiger partial charge in [0.1, 0.15) is 11.5 Å². The molecule has 0 saturated heterocycles. The van der Waals surface area contributed by atoms with Crippen LogP contribution in [-0.4, -0.2) is 27.4 Å². The zero-order valence-electron chi connectivity index (χ0n) is 16.1. The molecule has 0 radical (unpaired) electrons. The molecule has 0 aliphatic carbocycles. The smallest absolute Gasteiger partial charge is 0.226 e. The van der Waals surface area contributed by atoms with E-state index >= 15 is 0 Å². The highest BCUT2D eigenvalue weighted by molar-refractivity contribution is 6.31. The Kier molecular flexibility index (Phi) is 6.21. The fourth-order valence-electron chi connectivity index (χ4n) is 2.66. The minimum absolute atomic E-state index is 0.0914. The van der Waals surface area contributed by atoms with Crippen molar-refractivity contribution in [3.63, 3.8) is 0 Å². The molecular formula is C21H22ClN5O. The van der Waals surface area contributed by atoms with Crippen LogP contribution in [0.15, 0.2) is 42.6 Å². The van der Waals surface area contributed by atoms with E-state index in [0.29, 0.717) is 35.3 Å². The van der Waals surface area contributed by atoms with Crippen LogP contribution >= 0.6 is 11.6 Å². The maximum atomic E-state index is 12.3. The van der Waals surface area contributed by atoms with E-state index in [0.717, 1.165) is 22.5 Å². The number of hydrogen-bond donors (Lipinski definition) is 2. The molecule has 0 aliphatic heterocycles. The van der Waals surface area contributed by atoms with Crippen LogP contribution in [0.1, 0.15) is 23.2 Å². The fraction of sp³-hybridized carbons (Fsp3) is 0.238. The third-order valence-electron chi connectivity index (χ3n) is 4.47. The van der Waals surface area contributed by atoms with E-state index in [2.05, 4.69) is 25.6 Å². The fourth-order valence-corrected chi connectivity index (χ4v) is 2.84. The van der Waals surface area contributed by atoms with Gasteiger partial charge in [0, 0.05) is 41.1 Å². The molecule has 0 saturated carbocycles. The van der Waals surface area contributed by atoms with E-state index in [-0.39, 0.29) is 5.91 Å². The molecule has 7 heteroatoms. The number of hydrogen-bond acceptors (Lipinski definition) is 5. The molecule has 0 unspecified atom stereocenters. The molecule has 2 heterocycles. The van der Waals surface area contributed by atoms with E-state index in [1.807, 2.05) is 51.1 Å². The van der Waals surface area contributed by atoms with Crippen LogP contribution in [0.25, 0.3) is 11.5 Å². The average molecular weight is 396 g/mol. The van der Waals surface area contributed by atoms with Crippen molar-refractivity contribution in [3.8, 4) is 11.5 Å². The molecule has 144 valence electrons. The van der Waals surface area contributed by atoms with Crippen molar-refractivity contribution in [3.05, 3.63) is 64.4 Å². The number of nitrogens with zero attached hydrogens (tertiary/aromatic N) is 3. The number of rotatable bonds is 6. The van der Waals surface area contributed by atoms with E-state index in [1.165, 1.54) is 0 Å². The molecule has 0 bridgehead atoms. The van der Waals surface area contributed by atoms with Gasteiger partial charge in [-0.05, 0) is 50.6 Å². The van der Waals surface area contributed by atoms with Crippen LogP contribution in [0.4, 0.5) is 11.5 Å². The summed E-state index contributed by atoms with van der Waals surface area (Å²) in [6.45, 7) is 6.21. The number of benzene rings is 1. The number of nitrogens with one attached hydrogen (secondary N) is 2. The Hall–Kier alpha value is -2.99. The lowest BCUT2D eigenvalue weighted by atomic mass is 10.2. The Bertz CT molecular complexity index is 992. The molecule has 0 atom stereocenters. The number of pyridine rings is 1. The second-order valence-electron chi connectivity index (χ2n) is 6.46. The predicted molar refractivity (Wildman–Crippen MR) is 113 cm³/mol. The van der Waals surface area contributed by atoms with Crippen molar-refractivity contribution >= 4 is 29.0 Å². The molecule has 0 aliphatic rings. The van der Waals surface area contributed by atoms with Crippen molar-refractivity contribution in [1.82, 2.24) is 15.0 Å². The quantitative estimate of drug-likeness (QED) is 0.639. The van der Waals surface area contributed by atoms with Crippen LogP contribution in [0.2, 0.25) is 5.02 Å². The first-order valence-corrected chi connectivity index (χ1v) is 9.39. The van der Waals surface area contributed by atoms with Gasteiger partial charge in [0.2, 0.25) is 5.91 Å². The summed E-state index contributed by atoms with van der Waals surface area (Å²) < 4.78 is 0.